The van der Waals surface area contributed by atoms with Crippen molar-refractivity contribution in [2.24, 2.45) is 5.92 Å². The van der Waals surface area contributed by atoms with Crippen LogP contribution in [0.3, 0.4) is 0 Å². The van der Waals surface area contributed by atoms with E-state index < -0.39 is 0 Å². The Bertz CT molecular complexity index is 944. The number of pyridine rings is 1. The molecule has 2 aliphatic rings. The lowest BCUT2D eigenvalue weighted by atomic mass is 9.93. The van der Waals surface area contributed by atoms with Crippen LogP contribution < -0.4 is 9.80 Å². The monoisotopic (exact) mass is 378 g/mol. The first kappa shape index (κ1) is 16.7. The molecule has 0 atom stereocenters. The van der Waals surface area contributed by atoms with E-state index in [2.05, 4.69) is 28.1 Å². The van der Waals surface area contributed by atoms with Gasteiger partial charge in [-0.2, -0.15) is 0 Å². The lowest BCUT2D eigenvalue weighted by Crippen LogP contribution is -2.37. The molecule has 2 aromatic heterocycles. The second-order valence-corrected chi connectivity index (χ2v) is 8.41. The molecule has 0 bridgehead atoms. The summed E-state index contributed by atoms with van der Waals surface area (Å²) in [4.78, 5) is 26.1. The zero-order valence-corrected chi connectivity index (χ0v) is 16.0. The van der Waals surface area contributed by atoms with Gasteiger partial charge >= 0.3 is 0 Å². The van der Waals surface area contributed by atoms with Gasteiger partial charge in [-0.05, 0) is 42.9 Å². The number of hydrogen-bond acceptors (Lipinski definition) is 5. The van der Waals surface area contributed by atoms with E-state index in [-0.39, 0.29) is 5.91 Å². The maximum absolute atomic E-state index is 12.8. The van der Waals surface area contributed by atoms with Crippen LogP contribution in [0.1, 0.15) is 24.8 Å². The van der Waals surface area contributed by atoms with Gasteiger partial charge in [0.2, 0.25) is 5.91 Å². The van der Waals surface area contributed by atoms with Gasteiger partial charge in [0.1, 0.15) is 5.52 Å². The topological polar surface area (TPSA) is 49.3 Å². The Morgan fingerprint density at radius 3 is 2.85 bits per heavy atom. The highest BCUT2D eigenvalue weighted by molar-refractivity contribution is 7.22. The molecule has 2 aliphatic heterocycles. The summed E-state index contributed by atoms with van der Waals surface area (Å²) in [5, 5.41) is 1.08. The van der Waals surface area contributed by atoms with Crippen LogP contribution in [0.2, 0.25) is 0 Å². The van der Waals surface area contributed by atoms with Gasteiger partial charge in [0.15, 0.2) is 5.13 Å². The standard InChI is InChI=1S/C21H22N4OS/c26-20(25-12-8-16-3-1-2-4-18(16)25)13-15-6-10-24(11-7-15)21-23-17-14-22-9-5-19(17)27-21/h1-5,9,14-15H,6-8,10-13H2. The Kier molecular flexibility index (Phi) is 4.28. The summed E-state index contributed by atoms with van der Waals surface area (Å²) in [6, 6.07) is 10.3. The van der Waals surface area contributed by atoms with Crippen LogP contribution >= 0.6 is 11.3 Å². The summed E-state index contributed by atoms with van der Waals surface area (Å²) in [6.07, 6.45) is 7.39. The summed E-state index contributed by atoms with van der Waals surface area (Å²) in [6.45, 7) is 2.78. The van der Waals surface area contributed by atoms with Crippen molar-refractivity contribution in [1.82, 2.24) is 9.97 Å². The molecule has 1 aromatic carbocycles. The molecule has 0 N–H and O–H groups in total. The number of nitrogens with zero attached hydrogens (tertiary/aromatic N) is 4. The van der Waals surface area contributed by atoms with Crippen molar-refractivity contribution in [3.63, 3.8) is 0 Å². The largest absolute Gasteiger partial charge is 0.348 e. The Morgan fingerprint density at radius 2 is 2.00 bits per heavy atom. The van der Waals surface area contributed by atoms with Gasteiger partial charge in [-0.15, -0.1) is 0 Å². The molecule has 3 aromatic rings. The second-order valence-electron chi connectivity index (χ2n) is 7.40. The van der Waals surface area contributed by atoms with Crippen molar-refractivity contribution in [3.8, 4) is 0 Å². The third-order valence-corrected chi connectivity index (χ3v) is 6.81. The van der Waals surface area contributed by atoms with E-state index in [1.54, 1.807) is 11.3 Å². The van der Waals surface area contributed by atoms with Crippen LogP contribution in [0, 0.1) is 5.92 Å². The van der Waals surface area contributed by atoms with Gasteiger partial charge in [0.05, 0.1) is 10.9 Å². The summed E-state index contributed by atoms with van der Waals surface area (Å²) in [5.74, 6) is 0.752. The fraction of sp³-hybridized carbons (Fsp3) is 0.381. The number of carbonyl (C=O) groups excluding carboxylic acids is 1. The molecular formula is C21H22N4OS. The quantitative estimate of drug-likeness (QED) is 0.694. The van der Waals surface area contributed by atoms with Gasteiger partial charge in [-0.3, -0.25) is 9.78 Å². The number of thiazole rings is 1. The fourth-order valence-electron chi connectivity index (χ4n) is 4.19. The van der Waals surface area contributed by atoms with E-state index in [0.717, 1.165) is 55.2 Å². The van der Waals surface area contributed by atoms with Crippen LogP contribution in [-0.2, 0) is 11.2 Å². The molecule has 0 radical (unpaired) electrons. The third-order valence-electron chi connectivity index (χ3n) is 5.72. The van der Waals surface area contributed by atoms with Crippen LogP contribution in [0.25, 0.3) is 10.2 Å². The molecule has 4 heterocycles. The van der Waals surface area contributed by atoms with E-state index in [4.69, 9.17) is 4.98 Å². The van der Waals surface area contributed by atoms with Gasteiger partial charge in [0, 0.05) is 37.9 Å². The lowest BCUT2D eigenvalue weighted by molar-refractivity contribution is -0.119. The average molecular weight is 379 g/mol. The van der Waals surface area contributed by atoms with E-state index in [9.17, 15) is 4.79 Å². The highest BCUT2D eigenvalue weighted by atomic mass is 32.1. The molecule has 5 rings (SSSR count). The number of fused-ring (bicyclic) bond motifs is 2. The fourth-order valence-corrected chi connectivity index (χ4v) is 5.17. The first-order valence-electron chi connectivity index (χ1n) is 9.62. The van der Waals surface area contributed by atoms with Crippen LogP contribution in [0.4, 0.5) is 10.8 Å². The highest BCUT2D eigenvalue weighted by Gasteiger charge is 2.28. The zero-order valence-electron chi connectivity index (χ0n) is 15.2. The normalized spacial score (nSPS) is 17.5. The Hall–Kier alpha value is -2.47. The minimum absolute atomic E-state index is 0.282. The van der Waals surface area contributed by atoms with E-state index >= 15 is 0 Å². The molecule has 138 valence electrons. The van der Waals surface area contributed by atoms with Crippen molar-refractivity contribution in [2.45, 2.75) is 25.7 Å². The molecule has 0 saturated carbocycles. The van der Waals surface area contributed by atoms with E-state index in [1.807, 2.05) is 29.4 Å². The maximum Gasteiger partial charge on any atom is 0.227 e. The summed E-state index contributed by atoms with van der Waals surface area (Å²) in [5.41, 5.74) is 3.39. The Labute approximate surface area is 162 Å². The number of amides is 1. The number of carbonyl (C=O) groups is 1. The number of rotatable bonds is 3. The molecule has 0 spiro atoms. The first-order chi connectivity index (χ1) is 13.3. The predicted octanol–water partition coefficient (Wildman–Crippen LogP) is 3.89. The molecule has 1 fully saturated rings. The average Bonchev–Trinajstić information content (AvgIpc) is 3.33. The van der Waals surface area contributed by atoms with E-state index in [1.165, 1.54) is 10.3 Å². The number of para-hydroxylation sites is 1. The molecule has 5 nitrogen and oxygen atoms in total. The molecule has 0 aliphatic carbocycles. The lowest BCUT2D eigenvalue weighted by Gasteiger charge is -2.32. The van der Waals surface area contributed by atoms with Crippen LogP contribution in [-0.4, -0.2) is 35.5 Å². The van der Waals surface area contributed by atoms with Crippen molar-refractivity contribution < 1.29 is 4.79 Å². The SMILES string of the molecule is O=C(CC1CCN(c2nc3cnccc3s2)CC1)N1CCc2ccccc21. The smallest absolute Gasteiger partial charge is 0.227 e. The second kappa shape index (κ2) is 6.93. The van der Waals surface area contributed by atoms with Crippen molar-refractivity contribution in [1.29, 1.82) is 0 Å². The predicted molar refractivity (Wildman–Crippen MR) is 109 cm³/mol. The van der Waals surface area contributed by atoms with Gasteiger partial charge in [-0.1, -0.05) is 29.5 Å². The molecule has 1 saturated heterocycles. The van der Waals surface area contributed by atoms with Gasteiger partial charge in [0.25, 0.3) is 0 Å². The molecular weight excluding hydrogens is 356 g/mol. The summed E-state index contributed by atoms with van der Waals surface area (Å²) >= 11 is 1.73. The number of hydrogen-bond donors (Lipinski definition) is 0. The zero-order chi connectivity index (χ0) is 18.2. The number of piperidine rings is 1. The van der Waals surface area contributed by atoms with Crippen LogP contribution in [0.5, 0.6) is 0 Å². The summed E-state index contributed by atoms with van der Waals surface area (Å²) < 4.78 is 1.19. The third kappa shape index (κ3) is 3.18. The molecule has 0 unspecified atom stereocenters. The van der Waals surface area contributed by atoms with Crippen LogP contribution in [0.15, 0.2) is 42.7 Å². The first-order valence-corrected chi connectivity index (χ1v) is 10.4. The molecule has 6 heteroatoms. The molecule has 1 amide bonds. The molecule has 27 heavy (non-hydrogen) atoms. The number of benzene rings is 1. The minimum atomic E-state index is 0.282. The van der Waals surface area contributed by atoms with Gasteiger partial charge in [-0.25, -0.2) is 4.98 Å². The van der Waals surface area contributed by atoms with Crippen molar-refractivity contribution in [3.05, 3.63) is 48.3 Å². The van der Waals surface area contributed by atoms with Crippen molar-refractivity contribution in [2.75, 3.05) is 29.4 Å². The Morgan fingerprint density at radius 1 is 1.15 bits per heavy atom. The number of aromatic nitrogens is 2. The highest BCUT2D eigenvalue weighted by Crippen LogP contribution is 2.33. The number of anilines is 2. The Balaban J connectivity index is 1.20. The summed E-state index contributed by atoms with van der Waals surface area (Å²) in [7, 11) is 0. The van der Waals surface area contributed by atoms with Crippen molar-refractivity contribution >= 4 is 38.3 Å². The minimum Gasteiger partial charge on any atom is -0.348 e. The van der Waals surface area contributed by atoms with E-state index in [0.29, 0.717) is 12.3 Å². The maximum atomic E-state index is 12.8. The van der Waals surface area contributed by atoms with Gasteiger partial charge < -0.3 is 9.80 Å².